The van der Waals surface area contributed by atoms with Crippen LogP contribution in [0.3, 0.4) is 0 Å². The summed E-state index contributed by atoms with van der Waals surface area (Å²) in [6.45, 7) is 6.43. The molecule has 1 saturated carbocycles. The molecule has 41 heavy (non-hydrogen) atoms. The van der Waals surface area contributed by atoms with E-state index in [9.17, 15) is 28.4 Å². The van der Waals surface area contributed by atoms with E-state index in [4.69, 9.17) is 5.11 Å². The largest absolute Gasteiger partial charge is 0.481 e. The third-order valence-corrected chi connectivity index (χ3v) is 7.87. The first-order valence-electron chi connectivity index (χ1n) is 14.1. The highest BCUT2D eigenvalue weighted by atomic mass is 19.1. The van der Waals surface area contributed by atoms with Crippen LogP contribution in [0.25, 0.3) is 0 Å². The maximum atomic E-state index is 13.9. The summed E-state index contributed by atoms with van der Waals surface area (Å²) < 4.78 is 27.8. The number of rotatable bonds is 13. The summed E-state index contributed by atoms with van der Waals surface area (Å²) in [6.07, 6.45) is 1.10. The molecule has 2 atom stereocenters. The number of aliphatic hydroxyl groups is 1. The number of aliphatic hydroxyl groups excluding tert-OH is 1. The van der Waals surface area contributed by atoms with Crippen molar-refractivity contribution in [3.8, 4) is 0 Å². The Morgan fingerprint density at radius 1 is 1.07 bits per heavy atom. The summed E-state index contributed by atoms with van der Waals surface area (Å²) in [7, 11) is 0. The van der Waals surface area contributed by atoms with Crippen molar-refractivity contribution >= 4 is 11.9 Å². The summed E-state index contributed by atoms with van der Waals surface area (Å²) in [6, 6.07) is 10.1. The van der Waals surface area contributed by atoms with Gasteiger partial charge in [-0.2, -0.15) is 4.91 Å². The number of carboxylic acids is 1. The molecule has 10 heteroatoms. The molecule has 0 aromatic heterocycles. The van der Waals surface area contributed by atoms with Crippen molar-refractivity contribution in [1.82, 2.24) is 10.6 Å². The highest BCUT2D eigenvalue weighted by Crippen LogP contribution is 2.39. The number of halogens is 2. The topological polar surface area (TPSA) is 128 Å². The van der Waals surface area contributed by atoms with E-state index in [0.717, 1.165) is 29.3 Å². The molecule has 8 nitrogen and oxygen atoms in total. The SMILES string of the molecule is CC(C)(C)c1cccc(C2(NC[C@@H](O)[C@H](Cc3cc(F)cc(F)c3)NC(=O)CCCC(=O)O)CCC(N=O)CC2)c1. The van der Waals surface area contributed by atoms with Gasteiger partial charge in [0.05, 0.1) is 18.2 Å². The van der Waals surface area contributed by atoms with Gasteiger partial charge in [-0.3, -0.25) is 9.59 Å². The van der Waals surface area contributed by atoms with Crippen molar-refractivity contribution in [2.45, 2.75) is 101 Å². The summed E-state index contributed by atoms with van der Waals surface area (Å²) in [5.41, 5.74) is 1.80. The number of aliphatic carboxylic acids is 1. The number of nitrogens with zero attached hydrogens (tertiary/aromatic N) is 1. The first kappa shape index (κ1) is 32.3. The molecule has 0 spiro atoms. The van der Waals surface area contributed by atoms with E-state index in [1.54, 1.807) is 0 Å². The highest BCUT2D eigenvalue weighted by molar-refractivity contribution is 5.77. The Hall–Kier alpha value is -3.24. The van der Waals surface area contributed by atoms with Crippen LogP contribution < -0.4 is 10.6 Å². The molecule has 3 rings (SSSR count). The van der Waals surface area contributed by atoms with Gasteiger partial charge in [-0.1, -0.05) is 50.2 Å². The first-order chi connectivity index (χ1) is 19.3. The molecule has 1 fully saturated rings. The van der Waals surface area contributed by atoms with Gasteiger partial charge in [-0.05, 0) is 72.8 Å². The molecule has 4 N–H and O–H groups in total. The monoisotopic (exact) mass is 573 g/mol. The Bertz CT molecular complexity index is 1190. The number of amides is 1. The molecule has 1 aliphatic carbocycles. The van der Waals surface area contributed by atoms with Crippen LogP contribution >= 0.6 is 0 Å². The van der Waals surface area contributed by atoms with E-state index in [1.807, 2.05) is 12.1 Å². The minimum atomic E-state index is -1.14. The molecule has 0 aliphatic heterocycles. The third-order valence-electron chi connectivity index (χ3n) is 7.87. The maximum absolute atomic E-state index is 13.9. The maximum Gasteiger partial charge on any atom is 0.303 e. The fraction of sp³-hybridized carbons (Fsp3) is 0.548. The standard InChI is InChI=1S/C31H41F2N3O5/c1-30(2,3)21-6-4-7-22(17-21)31(12-10-25(36-41)11-13-31)34-19-27(37)26(35-28(38)8-5-9-29(39)40)16-20-14-23(32)18-24(33)15-20/h4,6-7,14-15,17-18,25-27,34,37H,5,8-13,16,19H2,1-3H3,(H,35,38)(H,39,40)/t25?,26-,27+,31?/m0/s1. The molecule has 1 amide bonds. The van der Waals surface area contributed by atoms with Crippen molar-refractivity contribution in [1.29, 1.82) is 0 Å². The normalized spacial score (nSPS) is 20.7. The van der Waals surface area contributed by atoms with E-state index in [0.29, 0.717) is 25.7 Å². The zero-order valence-corrected chi connectivity index (χ0v) is 24.0. The smallest absolute Gasteiger partial charge is 0.303 e. The van der Waals surface area contributed by atoms with Crippen LogP contribution in [-0.4, -0.2) is 46.8 Å². The van der Waals surface area contributed by atoms with Crippen molar-refractivity contribution in [2.75, 3.05) is 6.54 Å². The van der Waals surface area contributed by atoms with Gasteiger partial charge in [0.25, 0.3) is 0 Å². The summed E-state index contributed by atoms with van der Waals surface area (Å²) >= 11 is 0. The molecular formula is C31H41F2N3O5. The van der Waals surface area contributed by atoms with Crippen molar-refractivity contribution in [3.05, 3.63) is 75.7 Å². The predicted molar refractivity (Wildman–Crippen MR) is 152 cm³/mol. The van der Waals surface area contributed by atoms with Gasteiger partial charge in [0, 0.05) is 31.0 Å². The number of hydrogen-bond acceptors (Lipinski definition) is 6. The molecule has 1 aliphatic rings. The van der Waals surface area contributed by atoms with Gasteiger partial charge in [0.2, 0.25) is 5.91 Å². The molecular weight excluding hydrogens is 532 g/mol. The van der Waals surface area contributed by atoms with Crippen molar-refractivity contribution in [2.24, 2.45) is 5.18 Å². The van der Waals surface area contributed by atoms with Gasteiger partial charge in [-0.25, -0.2) is 8.78 Å². The first-order valence-corrected chi connectivity index (χ1v) is 14.1. The fourth-order valence-electron chi connectivity index (χ4n) is 5.44. The zero-order valence-electron chi connectivity index (χ0n) is 24.0. The predicted octanol–water partition coefficient (Wildman–Crippen LogP) is 5.10. The number of carboxylic acid groups (broad SMARTS) is 1. The van der Waals surface area contributed by atoms with Crippen LogP contribution in [0.2, 0.25) is 0 Å². The van der Waals surface area contributed by atoms with Crippen molar-refractivity contribution in [3.63, 3.8) is 0 Å². The quantitative estimate of drug-likeness (QED) is 0.247. The van der Waals surface area contributed by atoms with E-state index < -0.39 is 41.2 Å². The molecule has 2 aromatic carbocycles. The van der Waals surface area contributed by atoms with E-state index in [2.05, 4.69) is 48.7 Å². The number of nitroso groups, excluding NO2 is 1. The highest BCUT2D eigenvalue weighted by Gasteiger charge is 2.38. The number of carbonyl (C=O) groups excluding carboxylic acids is 1. The fourth-order valence-corrected chi connectivity index (χ4v) is 5.44. The molecule has 2 aromatic rings. The second-order valence-corrected chi connectivity index (χ2v) is 12.1. The second kappa shape index (κ2) is 14.1. The van der Waals surface area contributed by atoms with Gasteiger partial charge >= 0.3 is 5.97 Å². The van der Waals surface area contributed by atoms with Crippen LogP contribution in [0.1, 0.15) is 82.4 Å². The second-order valence-electron chi connectivity index (χ2n) is 12.1. The minimum absolute atomic E-state index is 0.0359. The third kappa shape index (κ3) is 9.39. The Morgan fingerprint density at radius 2 is 1.73 bits per heavy atom. The van der Waals surface area contributed by atoms with E-state index in [1.165, 1.54) is 0 Å². The van der Waals surface area contributed by atoms with Gasteiger partial charge in [0.1, 0.15) is 11.6 Å². The van der Waals surface area contributed by atoms with E-state index in [-0.39, 0.29) is 49.2 Å². The van der Waals surface area contributed by atoms with Crippen LogP contribution in [0.5, 0.6) is 0 Å². The molecule has 224 valence electrons. The summed E-state index contributed by atoms with van der Waals surface area (Å²) in [4.78, 5) is 34.7. The van der Waals surface area contributed by atoms with Crippen LogP contribution in [0.4, 0.5) is 8.78 Å². The Balaban J connectivity index is 1.83. The lowest BCUT2D eigenvalue weighted by Gasteiger charge is -2.42. The lowest BCUT2D eigenvalue weighted by atomic mass is 9.73. The van der Waals surface area contributed by atoms with Crippen LogP contribution in [-0.2, 0) is 27.0 Å². The Morgan fingerprint density at radius 3 is 2.32 bits per heavy atom. The zero-order chi connectivity index (χ0) is 30.2. The molecule has 0 radical (unpaired) electrons. The van der Waals surface area contributed by atoms with Gasteiger partial charge < -0.3 is 20.8 Å². The number of hydrogen-bond donors (Lipinski definition) is 4. The summed E-state index contributed by atoms with van der Waals surface area (Å²) in [5.74, 6) is -3.01. The Kier molecular flexibility index (Phi) is 11.1. The number of nitrogens with one attached hydrogen (secondary N) is 2. The number of benzene rings is 2. The average molecular weight is 574 g/mol. The lowest BCUT2D eigenvalue weighted by Crippen LogP contribution is -2.54. The lowest BCUT2D eigenvalue weighted by molar-refractivity contribution is -0.137. The molecule has 0 heterocycles. The molecule has 0 bridgehead atoms. The summed E-state index contributed by atoms with van der Waals surface area (Å²) in [5, 5.41) is 29.7. The number of carbonyl (C=O) groups is 2. The van der Waals surface area contributed by atoms with Crippen LogP contribution in [0.15, 0.2) is 47.6 Å². The van der Waals surface area contributed by atoms with Gasteiger partial charge in [0.15, 0.2) is 0 Å². The minimum Gasteiger partial charge on any atom is -0.481 e. The molecule has 0 unspecified atom stereocenters. The Labute approximate surface area is 239 Å². The van der Waals surface area contributed by atoms with Crippen molar-refractivity contribution < 1.29 is 28.6 Å². The molecule has 0 saturated heterocycles. The van der Waals surface area contributed by atoms with Crippen LogP contribution in [0, 0.1) is 16.5 Å². The van der Waals surface area contributed by atoms with E-state index >= 15 is 0 Å². The average Bonchev–Trinajstić information content (AvgIpc) is 2.90. The van der Waals surface area contributed by atoms with Gasteiger partial charge in [-0.15, -0.1) is 0 Å².